The van der Waals surface area contributed by atoms with Gasteiger partial charge in [0.1, 0.15) is 17.4 Å². The monoisotopic (exact) mass is 365 g/mol. The number of carbonyl (C=O) groups is 1. The van der Waals surface area contributed by atoms with E-state index in [1.165, 1.54) is 19.3 Å². The maximum absolute atomic E-state index is 12.6. The Morgan fingerprint density at radius 2 is 1.96 bits per heavy atom. The Balaban J connectivity index is 2.43. The van der Waals surface area contributed by atoms with Crippen LogP contribution in [0.2, 0.25) is 0 Å². The highest BCUT2D eigenvalue weighted by Crippen LogP contribution is 2.35. The van der Waals surface area contributed by atoms with Crippen LogP contribution >= 0.6 is 0 Å². The van der Waals surface area contributed by atoms with Crippen LogP contribution in [-0.2, 0) is 6.42 Å². The van der Waals surface area contributed by atoms with E-state index in [-0.39, 0.29) is 16.9 Å². The van der Waals surface area contributed by atoms with Crippen LogP contribution in [0.5, 0.6) is 11.5 Å². The number of Topliss-reactive ketones (excluding diaryl/α,β-unsaturated/α-hetero) is 1. The SMILES string of the molecule is CCCc1ccc(C(=O)/C(C#N)=C/c2cc(OC)c([O-])c([N+](=O)[O-])c2)cc1. The lowest BCUT2D eigenvalue weighted by Crippen LogP contribution is -2.03. The first kappa shape index (κ1) is 19.7. The number of methoxy groups -OCH3 is 1. The van der Waals surface area contributed by atoms with Crippen molar-refractivity contribution in [1.29, 1.82) is 5.26 Å². The Hall–Kier alpha value is -3.66. The van der Waals surface area contributed by atoms with Crippen molar-refractivity contribution in [2.75, 3.05) is 7.11 Å². The van der Waals surface area contributed by atoms with Crippen LogP contribution in [0.15, 0.2) is 42.0 Å². The number of rotatable bonds is 7. The van der Waals surface area contributed by atoms with Crippen molar-refractivity contribution in [1.82, 2.24) is 0 Å². The van der Waals surface area contributed by atoms with E-state index in [1.807, 2.05) is 18.2 Å². The van der Waals surface area contributed by atoms with E-state index in [4.69, 9.17) is 4.74 Å². The van der Waals surface area contributed by atoms with Crippen molar-refractivity contribution in [3.63, 3.8) is 0 Å². The third-order valence-electron chi connectivity index (χ3n) is 3.91. The lowest BCUT2D eigenvalue weighted by molar-refractivity contribution is -0.398. The number of nitro benzene ring substituents is 1. The molecule has 0 radical (unpaired) electrons. The number of hydrogen-bond acceptors (Lipinski definition) is 6. The Bertz CT molecular complexity index is 940. The van der Waals surface area contributed by atoms with Crippen LogP contribution < -0.4 is 9.84 Å². The molecule has 7 nitrogen and oxygen atoms in total. The molecule has 0 saturated carbocycles. The van der Waals surface area contributed by atoms with Gasteiger partial charge in [0, 0.05) is 17.4 Å². The van der Waals surface area contributed by atoms with Crippen LogP contribution in [0.1, 0.15) is 34.8 Å². The van der Waals surface area contributed by atoms with Crippen molar-refractivity contribution < 1.29 is 19.6 Å². The van der Waals surface area contributed by atoms with Gasteiger partial charge in [-0.15, -0.1) is 0 Å². The van der Waals surface area contributed by atoms with E-state index < -0.39 is 22.1 Å². The van der Waals surface area contributed by atoms with Gasteiger partial charge in [-0.3, -0.25) is 14.9 Å². The number of benzene rings is 2. The smallest absolute Gasteiger partial charge is 0.266 e. The van der Waals surface area contributed by atoms with Gasteiger partial charge in [-0.1, -0.05) is 37.6 Å². The maximum atomic E-state index is 12.6. The summed E-state index contributed by atoms with van der Waals surface area (Å²) in [4.78, 5) is 22.8. The first-order valence-electron chi connectivity index (χ1n) is 8.20. The average Bonchev–Trinajstić information content (AvgIpc) is 2.67. The van der Waals surface area contributed by atoms with Crippen LogP contribution in [0.25, 0.3) is 6.08 Å². The lowest BCUT2D eigenvalue weighted by atomic mass is 9.99. The predicted octanol–water partition coefficient (Wildman–Crippen LogP) is 3.42. The lowest BCUT2D eigenvalue weighted by Gasteiger charge is -2.13. The predicted molar refractivity (Wildman–Crippen MR) is 97.5 cm³/mol. The molecule has 0 atom stereocenters. The van der Waals surface area contributed by atoms with E-state index in [0.717, 1.165) is 24.5 Å². The quantitative estimate of drug-likeness (QED) is 0.244. The molecule has 0 heterocycles. The molecule has 0 amide bonds. The molecule has 0 unspecified atom stereocenters. The third kappa shape index (κ3) is 4.50. The van der Waals surface area contributed by atoms with Crippen LogP contribution in [0, 0.1) is 21.4 Å². The maximum Gasteiger partial charge on any atom is 0.266 e. The number of ketones is 1. The zero-order valence-electron chi connectivity index (χ0n) is 14.9. The van der Waals surface area contributed by atoms with Crippen LogP contribution in [0.3, 0.4) is 0 Å². The summed E-state index contributed by atoms with van der Waals surface area (Å²) in [5.41, 5.74) is 0.695. The number of carbonyl (C=O) groups excluding carboxylic acids is 1. The van der Waals surface area contributed by atoms with Crippen molar-refractivity contribution in [2.24, 2.45) is 0 Å². The summed E-state index contributed by atoms with van der Waals surface area (Å²) in [6.45, 7) is 2.05. The van der Waals surface area contributed by atoms with Gasteiger partial charge in [0.05, 0.1) is 12.0 Å². The molecule has 0 bridgehead atoms. The Morgan fingerprint density at radius 1 is 1.30 bits per heavy atom. The second kappa shape index (κ2) is 8.63. The molecule has 0 aliphatic heterocycles. The fraction of sp³-hybridized carbons (Fsp3) is 0.200. The van der Waals surface area contributed by atoms with Gasteiger partial charge in [-0.2, -0.15) is 5.26 Å². The number of nitrogens with zero attached hydrogens (tertiary/aromatic N) is 2. The molecule has 0 spiro atoms. The van der Waals surface area contributed by atoms with Gasteiger partial charge in [-0.05, 0) is 29.7 Å². The van der Waals surface area contributed by atoms with Gasteiger partial charge in [0.25, 0.3) is 5.69 Å². The summed E-state index contributed by atoms with van der Waals surface area (Å²) in [5, 5.41) is 32.3. The summed E-state index contributed by atoms with van der Waals surface area (Å²) in [6, 6.07) is 11.0. The summed E-state index contributed by atoms with van der Waals surface area (Å²) < 4.78 is 4.86. The molecule has 138 valence electrons. The third-order valence-corrected chi connectivity index (χ3v) is 3.91. The second-order valence-electron chi connectivity index (χ2n) is 5.77. The van der Waals surface area contributed by atoms with Crippen LogP contribution in [0.4, 0.5) is 5.69 Å². The molecule has 0 aromatic heterocycles. The van der Waals surface area contributed by atoms with E-state index in [0.29, 0.717) is 5.56 Å². The minimum Gasteiger partial charge on any atom is -0.865 e. The van der Waals surface area contributed by atoms with E-state index >= 15 is 0 Å². The summed E-state index contributed by atoms with van der Waals surface area (Å²) in [5.74, 6) is -1.60. The zero-order valence-corrected chi connectivity index (χ0v) is 14.9. The van der Waals surface area contributed by atoms with Gasteiger partial charge in [0.2, 0.25) is 5.78 Å². The Morgan fingerprint density at radius 3 is 2.48 bits per heavy atom. The summed E-state index contributed by atoms with van der Waals surface area (Å²) >= 11 is 0. The van der Waals surface area contributed by atoms with Crippen molar-refractivity contribution in [3.8, 4) is 17.6 Å². The second-order valence-corrected chi connectivity index (χ2v) is 5.77. The molecule has 0 aliphatic carbocycles. The zero-order chi connectivity index (χ0) is 20.0. The number of nitro groups is 1. The minimum absolute atomic E-state index is 0.158. The number of allylic oxidation sites excluding steroid dienone is 1. The van der Waals surface area contributed by atoms with Crippen molar-refractivity contribution in [2.45, 2.75) is 19.8 Å². The summed E-state index contributed by atoms with van der Waals surface area (Å²) in [6.07, 6.45) is 3.07. The van der Waals surface area contributed by atoms with Gasteiger partial charge in [-0.25, -0.2) is 0 Å². The van der Waals surface area contributed by atoms with Crippen molar-refractivity contribution >= 4 is 17.5 Å². The summed E-state index contributed by atoms with van der Waals surface area (Å²) in [7, 11) is 1.21. The van der Waals surface area contributed by atoms with Gasteiger partial charge < -0.3 is 9.84 Å². The number of ether oxygens (including phenoxy) is 1. The largest absolute Gasteiger partial charge is 0.865 e. The first-order valence-corrected chi connectivity index (χ1v) is 8.20. The molecular weight excluding hydrogens is 348 g/mol. The molecule has 0 N–H and O–H groups in total. The number of hydrogen-bond donors (Lipinski definition) is 0. The Labute approximate surface area is 156 Å². The molecule has 7 heteroatoms. The van der Waals surface area contributed by atoms with E-state index in [1.54, 1.807) is 12.1 Å². The molecule has 0 aliphatic rings. The number of nitriles is 1. The normalized spacial score (nSPS) is 10.9. The number of aryl methyl sites for hydroxylation is 1. The van der Waals surface area contributed by atoms with Gasteiger partial charge in [0.15, 0.2) is 0 Å². The van der Waals surface area contributed by atoms with Crippen LogP contribution in [-0.4, -0.2) is 17.8 Å². The standard InChI is InChI=1S/C20H18N2O5/c1-3-4-13-5-7-15(8-6-13)19(23)16(12-21)9-14-10-17(22(25)26)20(24)18(11-14)27-2/h5-11,24H,3-4H2,1-2H3/p-1/b16-9+. The highest BCUT2D eigenvalue weighted by atomic mass is 16.6. The van der Waals surface area contributed by atoms with E-state index in [2.05, 4.69) is 6.92 Å². The fourth-order valence-electron chi connectivity index (χ4n) is 2.56. The first-order chi connectivity index (χ1) is 12.9. The fourth-order valence-corrected chi connectivity index (χ4v) is 2.56. The van der Waals surface area contributed by atoms with Crippen molar-refractivity contribution in [3.05, 3.63) is 68.8 Å². The Kier molecular flexibility index (Phi) is 6.28. The highest BCUT2D eigenvalue weighted by molar-refractivity contribution is 6.14. The topological polar surface area (TPSA) is 116 Å². The average molecular weight is 365 g/mol. The molecule has 2 aromatic rings. The highest BCUT2D eigenvalue weighted by Gasteiger charge is 2.16. The van der Waals surface area contributed by atoms with Gasteiger partial charge >= 0.3 is 0 Å². The molecule has 0 saturated heterocycles. The molecule has 27 heavy (non-hydrogen) atoms. The molecule has 2 aromatic carbocycles. The molecule has 2 rings (SSSR count). The molecule has 0 fully saturated rings. The minimum atomic E-state index is -0.865. The molecular formula is C20H17N2O5-. The van der Waals surface area contributed by atoms with E-state index in [9.17, 15) is 25.3 Å².